The number of carbonyl (C=O) groups is 2. The zero-order valence-electron chi connectivity index (χ0n) is 12.1. The average molecular weight is 323 g/mol. The molecule has 2 fully saturated rings. The highest BCUT2D eigenvalue weighted by molar-refractivity contribution is 7.99. The van der Waals surface area contributed by atoms with Crippen LogP contribution in [0.2, 0.25) is 0 Å². The van der Waals surface area contributed by atoms with E-state index in [-0.39, 0.29) is 23.7 Å². The molecule has 0 bridgehead atoms. The van der Waals surface area contributed by atoms with Crippen LogP contribution in [0.15, 0.2) is 24.3 Å². The molecular weight excluding hydrogens is 305 g/mol. The second-order valence-electron chi connectivity index (χ2n) is 5.40. The number of carbonyl (C=O) groups excluding carboxylic acids is 2. The third-order valence-electron chi connectivity index (χ3n) is 3.98. The quantitative estimate of drug-likeness (QED) is 0.874. The van der Waals surface area contributed by atoms with Gasteiger partial charge in [-0.25, -0.2) is 4.39 Å². The number of nitrogens with one attached hydrogen (secondary N) is 1. The van der Waals surface area contributed by atoms with Crippen molar-refractivity contribution in [3.8, 4) is 0 Å². The van der Waals surface area contributed by atoms with Crippen molar-refractivity contribution in [2.45, 2.75) is 6.04 Å². The van der Waals surface area contributed by atoms with Crippen LogP contribution in [0.4, 0.5) is 4.39 Å². The molecular formula is C15H18FN3O2S. The van der Waals surface area contributed by atoms with Gasteiger partial charge in [0.1, 0.15) is 5.82 Å². The summed E-state index contributed by atoms with van der Waals surface area (Å²) in [5, 5.41) is 3.17. The Bertz CT molecular complexity index is 552. The van der Waals surface area contributed by atoms with Gasteiger partial charge in [-0.3, -0.25) is 14.9 Å². The molecule has 0 aromatic heterocycles. The Labute approximate surface area is 132 Å². The van der Waals surface area contributed by atoms with Gasteiger partial charge in [-0.05, 0) is 24.3 Å². The lowest BCUT2D eigenvalue weighted by atomic mass is 10.1. The van der Waals surface area contributed by atoms with Gasteiger partial charge in [-0.15, -0.1) is 11.8 Å². The minimum absolute atomic E-state index is 0.0932. The van der Waals surface area contributed by atoms with Crippen LogP contribution < -0.4 is 5.32 Å². The normalized spacial score (nSPS) is 22.0. The first-order chi connectivity index (χ1) is 10.6. The maximum atomic E-state index is 12.9. The van der Waals surface area contributed by atoms with E-state index in [1.807, 2.05) is 4.90 Å². The van der Waals surface area contributed by atoms with Crippen LogP contribution in [-0.2, 0) is 4.79 Å². The molecule has 22 heavy (non-hydrogen) atoms. The van der Waals surface area contributed by atoms with Gasteiger partial charge >= 0.3 is 0 Å². The molecule has 0 saturated carbocycles. The Morgan fingerprint density at radius 2 is 1.73 bits per heavy atom. The highest BCUT2D eigenvalue weighted by Gasteiger charge is 2.30. The summed E-state index contributed by atoms with van der Waals surface area (Å²) >= 11 is 1.72. The van der Waals surface area contributed by atoms with Gasteiger partial charge in [-0.1, -0.05) is 0 Å². The average Bonchev–Trinajstić information content (AvgIpc) is 3.09. The van der Waals surface area contributed by atoms with E-state index in [0.717, 1.165) is 11.6 Å². The van der Waals surface area contributed by atoms with Crippen molar-refractivity contribution >= 4 is 23.6 Å². The van der Waals surface area contributed by atoms with Gasteiger partial charge in [0.05, 0.1) is 6.04 Å². The van der Waals surface area contributed by atoms with Crippen LogP contribution >= 0.6 is 11.8 Å². The number of nitrogens with zero attached hydrogens (tertiary/aromatic N) is 2. The second-order valence-corrected chi connectivity index (χ2v) is 6.43. The van der Waals surface area contributed by atoms with E-state index >= 15 is 0 Å². The summed E-state index contributed by atoms with van der Waals surface area (Å²) in [6.07, 6.45) is 0. The summed E-state index contributed by atoms with van der Waals surface area (Å²) in [5.74, 6) is 1.29. The molecule has 1 aromatic rings. The van der Waals surface area contributed by atoms with Crippen LogP contribution in [0.25, 0.3) is 0 Å². The molecule has 2 amide bonds. The van der Waals surface area contributed by atoms with Gasteiger partial charge in [0.2, 0.25) is 5.91 Å². The largest absolute Gasteiger partial charge is 0.338 e. The van der Waals surface area contributed by atoms with Gasteiger partial charge in [0.25, 0.3) is 5.91 Å². The molecule has 118 valence electrons. The van der Waals surface area contributed by atoms with Crippen molar-refractivity contribution in [1.29, 1.82) is 0 Å². The lowest BCUT2D eigenvalue weighted by Crippen LogP contribution is -2.54. The van der Waals surface area contributed by atoms with Crippen LogP contribution in [0, 0.1) is 5.82 Å². The van der Waals surface area contributed by atoms with E-state index in [4.69, 9.17) is 0 Å². The summed E-state index contributed by atoms with van der Waals surface area (Å²) in [4.78, 5) is 28.2. The first-order valence-electron chi connectivity index (χ1n) is 7.30. The number of benzene rings is 1. The van der Waals surface area contributed by atoms with E-state index in [9.17, 15) is 14.0 Å². The standard InChI is InChI=1S/C15H18FN3O2S/c16-12-3-1-11(2-4-12)14(20)18-5-7-19(8-6-18)15(21)13-9-22-10-17-13/h1-4,13,17H,5-10H2. The van der Waals surface area contributed by atoms with E-state index in [1.54, 1.807) is 16.7 Å². The Hall–Kier alpha value is -1.60. The first-order valence-corrected chi connectivity index (χ1v) is 8.45. The summed E-state index contributed by atoms with van der Waals surface area (Å²) < 4.78 is 12.9. The fraction of sp³-hybridized carbons (Fsp3) is 0.467. The second kappa shape index (κ2) is 6.66. The molecule has 0 spiro atoms. The SMILES string of the molecule is O=C(c1ccc(F)cc1)N1CCN(C(=O)C2CSCN2)CC1. The molecule has 2 heterocycles. The van der Waals surface area contributed by atoms with Gasteiger partial charge in [0, 0.05) is 43.4 Å². The zero-order chi connectivity index (χ0) is 15.5. The molecule has 1 aromatic carbocycles. The molecule has 2 saturated heterocycles. The lowest BCUT2D eigenvalue weighted by Gasteiger charge is -2.35. The Morgan fingerprint density at radius 3 is 2.32 bits per heavy atom. The summed E-state index contributed by atoms with van der Waals surface area (Å²) in [6, 6.07) is 5.47. The third kappa shape index (κ3) is 3.25. The fourth-order valence-corrected chi connectivity index (χ4v) is 3.61. The lowest BCUT2D eigenvalue weighted by molar-refractivity contribution is -0.134. The number of hydrogen-bond donors (Lipinski definition) is 1. The van der Waals surface area contributed by atoms with Crippen LogP contribution in [0.5, 0.6) is 0 Å². The third-order valence-corrected chi connectivity index (χ3v) is 4.92. The molecule has 2 aliphatic heterocycles. The predicted octanol–water partition coefficient (Wildman–Crippen LogP) is 0.773. The van der Waals surface area contributed by atoms with E-state index in [1.165, 1.54) is 24.3 Å². The smallest absolute Gasteiger partial charge is 0.253 e. The van der Waals surface area contributed by atoms with Gasteiger partial charge < -0.3 is 9.80 Å². The molecule has 1 unspecified atom stereocenters. The summed E-state index contributed by atoms with van der Waals surface area (Å²) in [5.41, 5.74) is 0.482. The highest BCUT2D eigenvalue weighted by atomic mass is 32.2. The number of hydrogen-bond acceptors (Lipinski definition) is 4. The topological polar surface area (TPSA) is 52.7 Å². The van der Waals surface area contributed by atoms with Crippen LogP contribution in [-0.4, -0.2) is 65.5 Å². The molecule has 1 atom stereocenters. The number of halogens is 1. The summed E-state index contributed by atoms with van der Waals surface area (Å²) in [6.45, 7) is 2.13. The maximum Gasteiger partial charge on any atom is 0.253 e. The number of thioether (sulfide) groups is 1. The summed E-state index contributed by atoms with van der Waals surface area (Å²) in [7, 11) is 0. The number of amides is 2. The maximum absolute atomic E-state index is 12.9. The predicted molar refractivity (Wildman–Crippen MR) is 83.1 cm³/mol. The molecule has 2 aliphatic rings. The highest BCUT2D eigenvalue weighted by Crippen LogP contribution is 2.14. The molecule has 0 radical (unpaired) electrons. The van der Waals surface area contributed by atoms with Crippen molar-refractivity contribution < 1.29 is 14.0 Å². The van der Waals surface area contributed by atoms with Gasteiger partial charge in [-0.2, -0.15) is 0 Å². The Morgan fingerprint density at radius 1 is 1.09 bits per heavy atom. The Kier molecular flexibility index (Phi) is 4.63. The van der Waals surface area contributed by atoms with Gasteiger partial charge in [0.15, 0.2) is 0 Å². The van der Waals surface area contributed by atoms with Crippen molar-refractivity contribution in [1.82, 2.24) is 15.1 Å². The van der Waals surface area contributed by atoms with E-state index < -0.39 is 0 Å². The van der Waals surface area contributed by atoms with Crippen LogP contribution in [0.3, 0.4) is 0 Å². The van der Waals surface area contributed by atoms with E-state index in [2.05, 4.69) is 5.32 Å². The Balaban J connectivity index is 1.56. The van der Waals surface area contributed by atoms with Crippen LogP contribution in [0.1, 0.15) is 10.4 Å². The number of piperazine rings is 1. The van der Waals surface area contributed by atoms with Crippen molar-refractivity contribution in [3.05, 3.63) is 35.6 Å². The minimum atomic E-state index is -0.353. The monoisotopic (exact) mass is 323 g/mol. The van der Waals surface area contributed by atoms with E-state index in [0.29, 0.717) is 31.7 Å². The number of rotatable bonds is 2. The molecule has 0 aliphatic carbocycles. The molecule has 1 N–H and O–H groups in total. The van der Waals surface area contributed by atoms with Crippen molar-refractivity contribution in [3.63, 3.8) is 0 Å². The first kappa shape index (κ1) is 15.3. The minimum Gasteiger partial charge on any atom is -0.338 e. The molecule has 5 nitrogen and oxygen atoms in total. The zero-order valence-corrected chi connectivity index (χ0v) is 12.9. The van der Waals surface area contributed by atoms with Crippen molar-refractivity contribution in [2.24, 2.45) is 0 Å². The molecule has 3 rings (SSSR count). The van der Waals surface area contributed by atoms with Crippen molar-refractivity contribution in [2.75, 3.05) is 37.8 Å². The molecule has 7 heteroatoms. The fourth-order valence-electron chi connectivity index (χ4n) is 2.68.